The van der Waals surface area contributed by atoms with Crippen molar-refractivity contribution in [1.29, 1.82) is 0 Å². The number of hydrogen-bond donors (Lipinski definition) is 2. The molecular formula is C30H29NO5. The Labute approximate surface area is 210 Å². The van der Waals surface area contributed by atoms with Gasteiger partial charge in [0.2, 0.25) is 0 Å². The fourth-order valence-corrected chi connectivity index (χ4v) is 3.98. The van der Waals surface area contributed by atoms with Crippen LogP contribution in [-0.2, 0) is 22.6 Å². The van der Waals surface area contributed by atoms with Crippen molar-refractivity contribution in [2.75, 3.05) is 0 Å². The minimum absolute atomic E-state index is 0.000991. The first kappa shape index (κ1) is 24.8. The van der Waals surface area contributed by atoms with Crippen LogP contribution in [0.3, 0.4) is 0 Å². The zero-order chi connectivity index (χ0) is 25.2. The van der Waals surface area contributed by atoms with E-state index in [0.29, 0.717) is 24.3 Å². The van der Waals surface area contributed by atoms with Gasteiger partial charge in [0, 0.05) is 18.9 Å². The highest BCUT2D eigenvalue weighted by Crippen LogP contribution is 2.32. The van der Waals surface area contributed by atoms with E-state index in [0.717, 1.165) is 30.0 Å². The maximum atomic E-state index is 13.3. The summed E-state index contributed by atoms with van der Waals surface area (Å²) in [5, 5.41) is 25.1. The predicted octanol–water partition coefficient (Wildman–Crippen LogP) is 6.41. The fraction of sp³-hybridized carbons (Fsp3) is 0.200. The van der Waals surface area contributed by atoms with Crippen LogP contribution in [0.5, 0.6) is 11.5 Å². The number of rotatable bonds is 4. The van der Waals surface area contributed by atoms with Gasteiger partial charge in [0.25, 0.3) is 0 Å². The van der Waals surface area contributed by atoms with Crippen LogP contribution in [0.15, 0.2) is 102 Å². The summed E-state index contributed by atoms with van der Waals surface area (Å²) in [5.74, 6) is -1.18. The lowest BCUT2D eigenvalue weighted by atomic mass is 9.99. The first-order chi connectivity index (χ1) is 17.6. The molecule has 0 radical (unpaired) electrons. The summed E-state index contributed by atoms with van der Waals surface area (Å²) in [6, 6.07) is 21.8. The van der Waals surface area contributed by atoms with Crippen molar-refractivity contribution < 1.29 is 24.6 Å². The lowest BCUT2D eigenvalue weighted by molar-refractivity contribution is 0.0299. The number of carbonyl (C=O) groups excluding carboxylic acids is 1. The monoisotopic (exact) mass is 483 g/mol. The topological polar surface area (TPSA) is 88.4 Å². The van der Waals surface area contributed by atoms with Crippen LogP contribution in [0.25, 0.3) is 0 Å². The Balaban J connectivity index is 1.66. The number of fused-ring (bicyclic) bond motifs is 1. The summed E-state index contributed by atoms with van der Waals surface area (Å²) >= 11 is 0. The minimum Gasteiger partial charge on any atom is -0.508 e. The molecule has 6 heteroatoms. The van der Waals surface area contributed by atoms with Crippen LogP contribution in [0.4, 0.5) is 0 Å². The molecule has 1 aliphatic heterocycles. The molecule has 0 bridgehead atoms. The third-order valence-corrected chi connectivity index (χ3v) is 5.76. The number of carbonyl (C=O) groups is 1. The Morgan fingerprint density at radius 1 is 0.917 bits per heavy atom. The Morgan fingerprint density at radius 2 is 1.64 bits per heavy atom. The number of esters is 1. The zero-order valence-electron chi connectivity index (χ0n) is 19.9. The van der Waals surface area contributed by atoms with Gasteiger partial charge < -0.3 is 19.8 Å². The summed E-state index contributed by atoms with van der Waals surface area (Å²) in [6.45, 7) is 0.292. The Bertz CT molecular complexity index is 1250. The summed E-state index contributed by atoms with van der Waals surface area (Å²) in [4.78, 5) is 18.9. The van der Waals surface area contributed by atoms with Gasteiger partial charge in [-0.3, -0.25) is 0 Å². The van der Waals surface area contributed by atoms with Gasteiger partial charge in [-0.25, -0.2) is 4.79 Å². The quantitative estimate of drug-likeness (QED) is 0.254. The third kappa shape index (κ3) is 6.85. The number of cyclic esters (lactones) is 1. The number of hydrogen-bond acceptors (Lipinski definition) is 6. The SMILES string of the molecule is O=C1O[C@@H](c2ccccc2)C/C=C/CC/C=C/C(=NOCc2ccccc2)Cc2cc(O)cc(O)c21. The van der Waals surface area contributed by atoms with Gasteiger partial charge in [-0.05, 0) is 41.7 Å². The third-order valence-electron chi connectivity index (χ3n) is 5.76. The molecule has 0 aromatic heterocycles. The molecule has 1 aliphatic rings. The van der Waals surface area contributed by atoms with Crippen LogP contribution in [0.2, 0.25) is 0 Å². The maximum absolute atomic E-state index is 13.3. The predicted molar refractivity (Wildman–Crippen MR) is 139 cm³/mol. The molecule has 1 atom stereocenters. The largest absolute Gasteiger partial charge is 0.508 e. The lowest BCUT2D eigenvalue weighted by Crippen LogP contribution is -2.15. The Kier molecular flexibility index (Phi) is 8.54. The summed E-state index contributed by atoms with van der Waals surface area (Å²) in [7, 11) is 0. The highest BCUT2D eigenvalue weighted by molar-refractivity contribution is 6.00. The molecule has 2 N–H and O–H groups in total. The number of nitrogens with zero attached hydrogens (tertiary/aromatic N) is 1. The van der Waals surface area contributed by atoms with Gasteiger partial charge in [-0.1, -0.05) is 84.0 Å². The van der Waals surface area contributed by atoms with E-state index in [1.54, 1.807) is 0 Å². The van der Waals surface area contributed by atoms with Crippen molar-refractivity contribution in [1.82, 2.24) is 0 Å². The first-order valence-electron chi connectivity index (χ1n) is 11.9. The molecule has 0 fully saturated rings. The standard InChI is InChI=1S/C30H29NO5/c32-26-19-24-18-25(31-35-21-22-12-6-4-7-13-22)16-10-2-1-3-11-17-28(23-14-8-5-9-15-23)36-30(34)29(24)27(33)20-26/h3-16,19-20,28,32-33H,1-2,17-18,21H2/b11-3+,16-10+,31-25?/t28-/m1/s1. The Hall–Kier alpha value is -4.32. The number of ether oxygens (including phenoxy) is 1. The van der Waals surface area contributed by atoms with Crippen LogP contribution in [0, 0.1) is 0 Å². The molecule has 36 heavy (non-hydrogen) atoms. The van der Waals surface area contributed by atoms with E-state index >= 15 is 0 Å². The Morgan fingerprint density at radius 3 is 2.42 bits per heavy atom. The van der Waals surface area contributed by atoms with E-state index in [-0.39, 0.29) is 23.5 Å². The molecule has 0 unspecified atom stereocenters. The molecule has 0 aliphatic carbocycles. The second-order valence-corrected chi connectivity index (χ2v) is 8.51. The van der Waals surface area contributed by atoms with Crippen LogP contribution in [-0.4, -0.2) is 21.9 Å². The van der Waals surface area contributed by atoms with Gasteiger partial charge in [-0.2, -0.15) is 0 Å². The molecule has 0 saturated carbocycles. The molecule has 3 aromatic rings. The van der Waals surface area contributed by atoms with Crippen molar-refractivity contribution in [3.63, 3.8) is 0 Å². The van der Waals surface area contributed by atoms with E-state index in [2.05, 4.69) is 11.2 Å². The zero-order valence-corrected chi connectivity index (χ0v) is 19.9. The first-order valence-corrected chi connectivity index (χ1v) is 11.9. The molecule has 0 amide bonds. The molecular weight excluding hydrogens is 454 g/mol. The van der Waals surface area contributed by atoms with Crippen molar-refractivity contribution in [2.45, 2.75) is 38.4 Å². The van der Waals surface area contributed by atoms with E-state index in [1.165, 1.54) is 6.07 Å². The lowest BCUT2D eigenvalue weighted by Gasteiger charge is -2.19. The second-order valence-electron chi connectivity index (χ2n) is 8.51. The van der Waals surface area contributed by atoms with Gasteiger partial charge in [0.1, 0.15) is 29.8 Å². The molecule has 6 nitrogen and oxygen atoms in total. The van der Waals surface area contributed by atoms with Gasteiger partial charge in [0.05, 0.1) is 5.71 Å². The van der Waals surface area contributed by atoms with Crippen molar-refractivity contribution in [3.05, 3.63) is 119 Å². The summed E-state index contributed by atoms with van der Waals surface area (Å²) in [6.07, 6.45) is 9.66. The number of allylic oxidation sites excluding steroid dienone is 3. The number of oxime groups is 1. The van der Waals surface area contributed by atoms with E-state index in [4.69, 9.17) is 9.57 Å². The fourth-order valence-electron chi connectivity index (χ4n) is 3.98. The molecule has 1 heterocycles. The minimum atomic E-state index is -0.671. The molecule has 0 spiro atoms. The van der Waals surface area contributed by atoms with Crippen molar-refractivity contribution >= 4 is 11.7 Å². The average molecular weight is 484 g/mol. The number of aromatic hydroxyl groups is 2. The molecule has 4 rings (SSSR count). The van der Waals surface area contributed by atoms with E-state index < -0.39 is 12.1 Å². The number of phenols is 2. The summed E-state index contributed by atoms with van der Waals surface area (Å²) in [5.41, 5.74) is 2.77. The van der Waals surface area contributed by atoms with Crippen molar-refractivity contribution in [2.24, 2.45) is 5.16 Å². The highest BCUT2D eigenvalue weighted by atomic mass is 16.6. The van der Waals surface area contributed by atoms with Crippen molar-refractivity contribution in [3.8, 4) is 11.5 Å². The molecule has 3 aromatic carbocycles. The summed E-state index contributed by atoms with van der Waals surface area (Å²) < 4.78 is 5.88. The smallest absolute Gasteiger partial charge is 0.342 e. The average Bonchev–Trinajstić information content (AvgIpc) is 2.87. The number of benzene rings is 3. The second kappa shape index (κ2) is 12.4. The van der Waals surface area contributed by atoms with Crippen LogP contribution >= 0.6 is 0 Å². The van der Waals surface area contributed by atoms with Gasteiger partial charge >= 0.3 is 5.97 Å². The molecule has 0 saturated heterocycles. The van der Waals surface area contributed by atoms with Crippen LogP contribution < -0.4 is 0 Å². The highest BCUT2D eigenvalue weighted by Gasteiger charge is 2.24. The van der Waals surface area contributed by atoms with Gasteiger partial charge in [-0.15, -0.1) is 0 Å². The van der Waals surface area contributed by atoms with E-state index in [9.17, 15) is 15.0 Å². The van der Waals surface area contributed by atoms with Crippen LogP contribution in [0.1, 0.15) is 52.4 Å². The normalized spacial score (nSPS) is 19.5. The molecule has 184 valence electrons. The van der Waals surface area contributed by atoms with Gasteiger partial charge in [0.15, 0.2) is 0 Å². The number of phenolic OH excluding ortho intramolecular Hbond substituents is 2. The van der Waals surface area contributed by atoms with E-state index in [1.807, 2.05) is 78.9 Å². The maximum Gasteiger partial charge on any atom is 0.342 e.